The summed E-state index contributed by atoms with van der Waals surface area (Å²) in [5.74, 6) is 0.610. The summed E-state index contributed by atoms with van der Waals surface area (Å²) >= 11 is 0. The highest BCUT2D eigenvalue weighted by molar-refractivity contribution is 5.75. The molecule has 0 saturated heterocycles. The van der Waals surface area contributed by atoms with Crippen LogP contribution >= 0.6 is 0 Å². The Labute approximate surface area is 183 Å². The molecule has 1 aromatic rings. The molecule has 168 valence electrons. The smallest absolute Gasteiger partial charge is 0.220 e. The largest absolute Gasteiger partial charge is 0.504 e. The number of benzene rings is 1. The zero-order chi connectivity index (χ0) is 21.9. The molecule has 1 amide bonds. The van der Waals surface area contributed by atoms with E-state index in [2.05, 4.69) is 36.5 Å². The van der Waals surface area contributed by atoms with Crippen molar-refractivity contribution in [3.8, 4) is 11.5 Å². The average molecular weight is 416 g/mol. The van der Waals surface area contributed by atoms with Crippen LogP contribution in [0.15, 0.2) is 42.5 Å². The fourth-order valence-electron chi connectivity index (χ4n) is 3.24. The maximum absolute atomic E-state index is 12.0. The molecule has 0 spiro atoms. The van der Waals surface area contributed by atoms with Crippen molar-refractivity contribution in [2.24, 2.45) is 0 Å². The summed E-state index contributed by atoms with van der Waals surface area (Å²) in [6.07, 6.45) is 22.7. The molecule has 0 heterocycles. The van der Waals surface area contributed by atoms with E-state index >= 15 is 0 Å². The lowest BCUT2D eigenvalue weighted by atomic mass is 10.1. The van der Waals surface area contributed by atoms with Gasteiger partial charge >= 0.3 is 0 Å². The van der Waals surface area contributed by atoms with Gasteiger partial charge in [-0.25, -0.2) is 0 Å². The number of phenolic OH excluding ortho intramolecular Hbond substituents is 1. The molecule has 1 rings (SSSR count). The molecule has 1 aromatic carbocycles. The number of aromatic hydroxyl groups is 1. The van der Waals surface area contributed by atoms with Gasteiger partial charge in [0.2, 0.25) is 5.91 Å². The van der Waals surface area contributed by atoms with Gasteiger partial charge in [0.05, 0.1) is 7.11 Å². The first-order chi connectivity index (χ1) is 14.7. The van der Waals surface area contributed by atoms with Gasteiger partial charge in [0.1, 0.15) is 0 Å². The van der Waals surface area contributed by atoms with Crippen molar-refractivity contribution in [3.63, 3.8) is 0 Å². The zero-order valence-electron chi connectivity index (χ0n) is 19.0. The summed E-state index contributed by atoms with van der Waals surface area (Å²) in [4.78, 5) is 12.0. The number of ether oxygens (including phenoxy) is 1. The molecule has 2 N–H and O–H groups in total. The quantitative estimate of drug-likeness (QED) is 0.216. The highest BCUT2D eigenvalue weighted by Gasteiger charge is 2.05. The summed E-state index contributed by atoms with van der Waals surface area (Å²) in [6.45, 7) is 2.70. The predicted molar refractivity (Wildman–Crippen MR) is 126 cm³/mol. The van der Waals surface area contributed by atoms with Crippen LogP contribution in [0.25, 0.3) is 0 Å². The number of rotatable bonds is 17. The molecule has 0 saturated carbocycles. The number of carbonyl (C=O) groups is 1. The van der Waals surface area contributed by atoms with Crippen LogP contribution in [0.3, 0.4) is 0 Å². The van der Waals surface area contributed by atoms with E-state index in [1.165, 1.54) is 58.5 Å². The Kier molecular flexibility index (Phi) is 15.2. The Hall–Kier alpha value is -2.23. The number of hydrogen-bond acceptors (Lipinski definition) is 3. The van der Waals surface area contributed by atoms with E-state index in [9.17, 15) is 9.90 Å². The fraction of sp³-hybridized carbons (Fsp3) is 0.577. The third-order valence-corrected chi connectivity index (χ3v) is 5.12. The fourth-order valence-corrected chi connectivity index (χ4v) is 3.24. The lowest BCUT2D eigenvalue weighted by molar-refractivity contribution is -0.121. The second-order valence-electron chi connectivity index (χ2n) is 7.80. The van der Waals surface area contributed by atoms with Crippen LogP contribution in [-0.4, -0.2) is 18.1 Å². The van der Waals surface area contributed by atoms with Gasteiger partial charge in [0.25, 0.3) is 0 Å². The SMILES string of the molecule is CCCCCC/C=C\C=C/CCCCCCCC(=O)NCc1ccc(O)c(OC)c1. The van der Waals surface area contributed by atoms with Crippen molar-refractivity contribution < 1.29 is 14.6 Å². The first-order valence-corrected chi connectivity index (χ1v) is 11.6. The molecule has 0 fully saturated rings. The molecule has 4 heteroatoms. The molecule has 0 aliphatic carbocycles. The second kappa shape index (κ2) is 17.6. The van der Waals surface area contributed by atoms with E-state index in [-0.39, 0.29) is 11.7 Å². The number of nitrogens with one attached hydrogen (secondary N) is 1. The lowest BCUT2D eigenvalue weighted by Crippen LogP contribution is -2.22. The molecule has 0 radical (unpaired) electrons. The summed E-state index contributed by atoms with van der Waals surface area (Å²) in [6, 6.07) is 5.11. The normalized spacial score (nSPS) is 11.4. The zero-order valence-corrected chi connectivity index (χ0v) is 19.0. The van der Waals surface area contributed by atoms with Crippen LogP contribution in [0.4, 0.5) is 0 Å². The third-order valence-electron chi connectivity index (χ3n) is 5.12. The van der Waals surface area contributed by atoms with E-state index in [0.717, 1.165) is 24.8 Å². The first-order valence-electron chi connectivity index (χ1n) is 11.6. The summed E-state index contributed by atoms with van der Waals surface area (Å²) in [5, 5.41) is 12.5. The third kappa shape index (κ3) is 13.1. The molecular weight excluding hydrogens is 374 g/mol. The van der Waals surface area contributed by atoms with Crippen LogP contribution in [0, 0.1) is 0 Å². The maximum Gasteiger partial charge on any atom is 0.220 e. The Morgan fingerprint density at radius 1 is 0.967 bits per heavy atom. The van der Waals surface area contributed by atoms with E-state index in [1.807, 2.05) is 0 Å². The monoisotopic (exact) mass is 415 g/mol. The van der Waals surface area contributed by atoms with Crippen LogP contribution in [0.1, 0.15) is 89.5 Å². The standard InChI is InChI=1S/C26H41NO3/c1-3-4-5-6-7-8-9-10-11-12-13-14-15-16-17-18-26(29)27-22-23-19-20-24(28)25(21-23)30-2/h8-11,19-21,28H,3-7,12-18,22H2,1-2H3,(H,27,29)/b9-8-,11-10-. The van der Waals surface area contributed by atoms with E-state index < -0.39 is 0 Å². The number of allylic oxidation sites excluding steroid dienone is 4. The molecule has 0 aliphatic heterocycles. The van der Waals surface area contributed by atoms with Crippen molar-refractivity contribution in [1.29, 1.82) is 0 Å². The van der Waals surface area contributed by atoms with Crippen LogP contribution < -0.4 is 10.1 Å². The Morgan fingerprint density at radius 3 is 2.27 bits per heavy atom. The molecule has 0 bridgehead atoms. The number of unbranched alkanes of at least 4 members (excludes halogenated alkanes) is 9. The Balaban J connectivity index is 1.97. The molecule has 0 aromatic heterocycles. The maximum atomic E-state index is 12.0. The topological polar surface area (TPSA) is 58.6 Å². The Bertz CT molecular complexity index is 637. The minimum atomic E-state index is 0.0754. The van der Waals surface area contributed by atoms with Gasteiger partial charge in [-0.15, -0.1) is 0 Å². The van der Waals surface area contributed by atoms with Gasteiger partial charge in [0.15, 0.2) is 11.5 Å². The van der Waals surface area contributed by atoms with E-state index in [4.69, 9.17) is 4.74 Å². The summed E-state index contributed by atoms with van der Waals surface area (Å²) < 4.78 is 5.08. The van der Waals surface area contributed by atoms with Gasteiger partial charge < -0.3 is 15.2 Å². The number of amides is 1. The van der Waals surface area contributed by atoms with Crippen LogP contribution in [0.5, 0.6) is 11.5 Å². The van der Waals surface area contributed by atoms with Crippen molar-refractivity contribution in [3.05, 3.63) is 48.1 Å². The minimum absolute atomic E-state index is 0.0754. The van der Waals surface area contributed by atoms with Crippen LogP contribution in [0.2, 0.25) is 0 Å². The molecule has 4 nitrogen and oxygen atoms in total. The van der Waals surface area contributed by atoms with E-state index in [1.54, 1.807) is 18.2 Å². The predicted octanol–water partition coefficient (Wildman–Crippen LogP) is 6.83. The van der Waals surface area contributed by atoms with E-state index in [0.29, 0.717) is 18.7 Å². The minimum Gasteiger partial charge on any atom is -0.504 e. The molecule has 0 aliphatic rings. The summed E-state index contributed by atoms with van der Waals surface area (Å²) in [7, 11) is 1.52. The average Bonchev–Trinajstić information content (AvgIpc) is 2.75. The van der Waals surface area contributed by atoms with Crippen LogP contribution in [-0.2, 0) is 11.3 Å². The van der Waals surface area contributed by atoms with Crippen molar-refractivity contribution in [1.82, 2.24) is 5.32 Å². The molecule has 0 atom stereocenters. The molecular formula is C26H41NO3. The van der Waals surface area contributed by atoms with Gasteiger partial charge in [-0.3, -0.25) is 4.79 Å². The summed E-state index contributed by atoms with van der Waals surface area (Å²) in [5.41, 5.74) is 0.914. The van der Waals surface area contributed by atoms with Gasteiger partial charge in [-0.05, 0) is 49.8 Å². The Morgan fingerprint density at radius 2 is 1.60 bits per heavy atom. The van der Waals surface area contributed by atoms with Gasteiger partial charge in [0, 0.05) is 13.0 Å². The number of carbonyl (C=O) groups excluding carboxylic acids is 1. The van der Waals surface area contributed by atoms with Gasteiger partial charge in [-0.1, -0.05) is 75.8 Å². The van der Waals surface area contributed by atoms with Crippen molar-refractivity contribution in [2.45, 2.75) is 90.5 Å². The number of phenols is 1. The lowest BCUT2D eigenvalue weighted by Gasteiger charge is -2.08. The molecule has 30 heavy (non-hydrogen) atoms. The molecule has 0 unspecified atom stereocenters. The number of methoxy groups -OCH3 is 1. The van der Waals surface area contributed by atoms with Crippen molar-refractivity contribution in [2.75, 3.05) is 7.11 Å². The van der Waals surface area contributed by atoms with Gasteiger partial charge in [-0.2, -0.15) is 0 Å². The highest BCUT2D eigenvalue weighted by Crippen LogP contribution is 2.26. The second-order valence-corrected chi connectivity index (χ2v) is 7.80. The van der Waals surface area contributed by atoms with Crippen molar-refractivity contribution >= 4 is 5.91 Å². The first kappa shape index (κ1) is 25.8. The number of hydrogen-bond donors (Lipinski definition) is 2. The highest BCUT2D eigenvalue weighted by atomic mass is 16.5.